The van der Waals surface area contributed by atoms with Crippen molar-refractivity contribution in [1.29, 1.82) is 0 Å². The van der Waals surface area contributed by atoms with Crippen molar-refractivity contribution in [1.82, 2.24) is 0 Å². The summed E-state index contributed by atoms with van der Waals surface area (Å²) < 4.78 is 9.99. The molecule has 4 nitrogen and oxygen atoms in total. The van der Waals surface area contributed by atoms with Crippen LogP contribution in [0.5, 0.6) is 0 Å². The van der Waals surface area contributed by atoms with E-state index >= 15 is 0 Å². The van der Waals surface area contributed by atoms with Gasteiger partial charge in [-0.15, -0.1) is 0 Å². The Morgan fingerprint density at radius 3 is 2.22 bits per heavy atom. The average Bonchev–Trinajstić information content (AvgIpc) is 1.59. The fourth-order valence-electron chi connectivity index (χ4n) is 0.172. The van der Waals surface area contributed by atoms with E-state index in [-0.39, 0.29) is 31.0 Å². The second kappa shape index (κ2) is 6.19. The Balaban J connectivity index is -0.000000245. The van der Waals surface area contributed by atoms with Gasteiger partial charge in [-0.1, -0.05) is 0 Å². The molecular weight excluding hydrogens is 172 g/mol. The van der Waals surface area contributed by atoms with Crippen LogP contribution in [0.2, 0.25) is 0 Å². The summed E-state index contributed by atoms with van der Waals surface area (Å²) in [5.41, 5.74) is 4.97. The first kappa shape index (κ1) is 13.1. The first-order chi connectivity index (χ1) is 3.56. The third-order valence-electron chi connectivity index (χ3n) is 0.377. The summed E-state index contributed by atoms with van der Waals surface area (Å²) in [5, 5.41) is 0. The molecule has 4 N–H and O–H groups in total. The van der Waals surface area contributed by atoms with Crippen molar-refractivity contribution in [2.24, 2.45) is 5.73 Å². The minimum Gasteiger partial charge on any atom is -0.330 e. The maximum atomic E-state index is 9.99. The van der Waals surface area contributed by atoms with Crippen LogP contribution >= 0.6 is 18.2 Å². The molecule has 0 aromatic rings. The zero-order valence-corrected chi connectivity index (χ0v) is 8.86. The van der Waals surface area contributed by atoms with Crippen LogP contribution in [-0.4, -0.2) is 22.1 Å². The van der Waals surface area contributed by atoms with Gasteiger partial charge in [-0.25, -0.2) is 4.57 Å². The molecule has 0 aromatic heterocycles. The van der Waals surface area contributed by atoms with Gasteiger partial charge in [0.05, 0.1) is 0 Å². The molecule has 0 aliphatic heterocycles. The molecule has 0 fully saturated rings. The van der Waals surface area contributed by atoms with Gasteiger partial charge in [-0.3, -0.25) is 0 Å². The fourth-order valence-corrected chi connectivity index (χ4v) is 1.54. The third kappa shape index (κ3) is 12.6. The molecule has 0 rings (SSSR count). The van der Waals surface area contributed by atoms with Crippen molar-refractivity contribution in [3.8, 4) is 0 Å². The maximum Gasteiger partial charge on any atom is 1.00 e. The zero-order chi connectivity index (χ0) is 6.62. The minimum atomic E-state index is -3.85. The number of nitrogens with two attached hydrogens (primary N) is 1. The van der Waals surface area contributed by atoms with E-state index in [0.29, 0.717) is 23.7 Å². The summed E-state index contributed by atoms with van der Waals surface area (Å²) >= 11 is 0.575. The van der Waals surface area contributed by atoms with E-state index in [2.05, 4.69) is 0 Å². The van der Waals surface area contributed by atoms with Crippen molar-refractivity contribution in [3.05, 3.63) is 0 Å². The predicted octanol–water partition coefficient (Wildman–Crippen LogP) is -3.11. The van der Waals surface area contributed by atoms with Crippen molar-refractivity contribution in [3.63, 3.8) is 0 Å². The molecule has 0 aliphatic rings. The van der Waals surface area contributed by atoms with Crippen LogP contribution in [-0.2, 0) is 4.57 Å². The van der Waals surface area contributed by atoms with E-state index < -0.39 is 6.80 Å². The van der Waals surface area contributed by atoms with Gasteiger partial charge >= 0.3 is 37.8 Å². The third-order valence-corrected chi connectivity index (χ3v) is 2.69. The van der Waals surface area contributed by atoms with E-state index in [9.17, 15) is 4.57 Å². The van der Waals surface area contributed by atoms with Crippen molar-refractivity contribution in [2.75, 3.05) is 12.3 Å². The standard InChI is InChI=1S/C2H8NO3PS.Na/c3-1-2-8-7(4,5)6;/h1-3H2,(H2,4,5,6);/q;+1/p+1. The Morgan fingerprint density at radius 1 is 1.67 bits per heavy atom. The maximum absolute atomic E-state index is 9.99. The van der Waals surface area contributed by atoms with E-state index in [1.807, 2.05) is 0 Å². The molecular formula is C2H9NNaO3PS+2. The van der Waals surface area contributed by atoms with Crippen molar-refractivity contribution < 1.29 is 45.3 Å². The predicted molar refractivity (Wildman–Crippen MR) is 34.7 cm³/mol. The molecule has 0 aromatic carbocycles. The Morgan fingerprint density at radius 2 is 2.11 bits per heavy atom. The molecule has 7 heteroatoms. The summed E-state index contributed by atoms with van der Waals surface area (Å²) in [6, 6.07) is 0. The summed E-state index contributed by atoms with van der Waals surface area (Å²) in [7, 11) is 0. The Labute approximate surface area is 81.3 Å². The SMILES string of the molecule is NCCSP(=O)(O)O.[H+].[Na+]. The summed E-state index contributed by atoms with van der Waals surface area (Å²) in [6.07, 6.45) is 0. The second-order valence-corrected chi connectivity index (χ2v) is 4.96. The summed E-state index contributed by atoms with van der Waals surface area (Å²) in [6.45, 7) is -3.54. The molecule has 9 heavy (non-hydrogen) atoms. The van der Waals surface area contributed by atoms with Crippen LogP contribution in [0.4, 0.5) is 0 Å². The quantitative estimate of drug-likeness (QED) is 0.317. The number of hydrogen-bond acceptors (Lipinski definition) is 3. The van der Waals surface area contributed by atoms with Gasteiger partial charge in [0, 0.05) is 12.3 Å². The summed E-state index contributed by atoms with van der Waals surface area (Å²) in [5.74, 6) is 0.310. The monoisotopic (exact) mass is 181 g/mol. The topological polar surface area (TPSA) is 83.6 Å². The fraction of sp³-hybridized carbons (Fsp3) is 1.00. The smallest absolute Gasteiger partial charge is 0.330 e. The molecule has 50 valence electrons. The molecule has 0 amide bonds. The van der Waals surface area contributed by atoms with Gasteiger partial charge in [0.2, 0.25) is 0 Å². The Hall–Kier alpha value is 1.46. The minimum absolute atomic E-state index is 0. The average molecular weight is 181 g/mol. The van der Waals surface area contributed by atoms with Gasteiger partial charge < -0.3 is 15.5 Å². The van der Waals surface area contributed by atoms with Gasteiger partial charge in [-0.2, -0.15) is 0 Å². The van der Waals surface area contributed by atoms with E-state index in [1.54, 1.807) is 0 Å². The Kier molecular flexibility index (Phi) is 8.99. The molecule has 0 aliphatic carbocycles. The first-order valence-corrected chi connectivity index (χ1v) is 5.17. The van der Waals surface area contributed by atoms with E-state index in [0.717, 1.165) is 0 Å². The molecule has 0 heterocycles. The van der Waals surface area contributed by atoms with E-state index in [4.69, 9.17) is 15.5 Å². The first-order valence-electron chi connectivity index (χ1n) is 1.96. The number of hydrogen-bond donors (Lipinski definition) is 3. The van der Waals surface area contributed by atoms with Crippen LogP contribution in [0.3, 0.4) is 0 Å². The molecule has 0 saturated heterocycles. The Bertz CT molecular complexity index is 111. The van der Waals surface area contributed by atoms with Gasteiger partial charge in [-0.05, 0) is 11.4 Å². The zero-order valence-electron chi connectivity index (χ0n) is 6.15. The molecule has 0 spiro atoms. The normalized spacial score (nSPS) is 10.6. The molecule has 0 saturated carbocycles. The molecule has 0 unspecified atom stereocenters. The molecule has 0 bridgehead atoms. The van der Waals surface area contributed by atoms with Crippen LogP contribution in [0, 0.1) is 0 Å². The largest absolute Gasteiger partial charge is 1.00 e. The van der Waals surface area contributed by atoms with Crippen LogP contribution in [0.25, 0.3) is 0 Å². The summed E-state index contributed by atoms with van der Waals surface area (Å²) in [4.78, 5) is 16.3. The number of rotatable bonds is 3. The molecule has 0 radical (unpaired) electrons. The van der Waals surface area contributed by atoms with Crippen LogP contribution in [0.1, 0.15) is 1.43 Å². The van der Waals surface area contributed by atoms with Crippen LogP contribution in [0.15, 0.2) is 0 Å². The van der Waals surface area contributed by atoms with Crippen molar-refractivity contribution in [2.45, 2.75) is 0 Å². The van der Waals surface area contributed by atoms with Crippen molar-refractivity contribution >= 4 is 18.2 Å². The van der Waals surface area contributed by atoms with Crippen LogP contribution < -0.4 is 35.3 Å². The van der Waals surface area contributed by atoms with Gasteiger partial charge in [0.25, 0.3) is 0 Å². The van der Waals surface area contributed by atoms with Gasteiger partial charge in [0.15, 0.2) is 0 Å². The molecule has 0 atom stereocenters. The van der Waals surface area contributed by atoms with E-state index in [1.165, 1.54) is 0 Å². The van der Waals surface area contributed by atoms with Gasteiger partial charge in [0.1, 0.15) is 0 Å². The second-order valence-electron chi connectivity index (χ2n) is 1.11.